The van der Waals surface area contributed by atoms with Crippen molar-refractivity contribution in [1.29, 1.82) is 0 Å². The molecule has 2 N–H and O–H groups in total. The van der Waals surface area contributed by atoms with Crippen LogP contribution in [0.1, 0.15) is 50.7 Å². The highest BCUT2D eigenvalue weighted by molar-refractivity contribution is 6.12. The van der Waals surface area contributed by atoms with E-state index in [1.54, 1.807) is 12.1 Å². The summed E-state index contributed by atoms with van der Waals surface area (Å²) in [7, 11) is 0. The van der Waals surface area contributed by atoms with E-state index in [1.807, 2.05) is 24.3 Å². The van der Waals surface area contributed by atoms with Crippen LogP contribution in [0, 0.1) is 0 Å². The Bertz CT molecular complexity index is 1880. The first kappa shape index (κ1) is 29.1. The van der Waals surface area contributed by atoms with Gasteiger partial charge in [-0.3, -0.25) is 0 Å². The Hall–Kier alpha value is -4.60. The fourth-order valence-electron chi connectivity index (χ4n) is 7.68. The van der Waals surface area contributed by atoms with Crippen LogP contribution >= 0.6 is 0 Å². The average molecular weight is 593 g/mol. The molecule has 0 aromatic heterocycles. The molecular weight excluding hydrogens is 550 g/mol. The lowest BCUT2D eigenvalue weighted by atomic mass is 9.82. The van der Waals surface area contributed by atoms with Gasteiger partial charge >= 0.3 is 0 Å². The lowest BCUT2D eigenvalue weighted by molar-refractivity contribution is -0.953. The highest BCUT2D eigenvalue weighted by Gasteiger charge is 2.37. The van der Waals surface area contributed by atoms with Crippen LogP contribution in [0.15, 0.2) is 109 Å². The zero-order chi connectivity index (χ0) is 31.0. The van der Waals surface area contributed by atoms with Crippen LogP contribution in [0.2, 0.25) is 0 Å². The van der Waals surface area contributed by atoms with E-state index < -0.39 is 0 Å². The zero-order valence-corrected chi connectivity index (χ0v) is 26.4. The van der Waals surface area contributed by atoms with Crippen LogP contribution < -0.4 is 0 Å². The molecule has 0 fully saturated rings. The number of aromatic hydroxyl groups is 2. The molecule has 226 valence electrons. The van der Waals surface area contributed by atoms with E-state index in [-0.39, 0.29) is 11.5 Å². The number of benzene rings is 6. The smallest absolute Gasteiger partial charge is 0.116 e. The summed E-state index contributed by atoms with van der Waals surface area (Å²) in [4.78, 5) is 0. The Kier molecular flexibility index (Phi) is 7.81. The second-order valence-corrected chi connectivity index (χ2v) is 12.9. The molecule has 0 saturated heterocycles. The number of hydrogen-bond donors (Lipinski definition) is 2. The highest BCUT2D eigenvalue weighted by atomic mass is 16.3. The fraction of sp³-hybridized carbons (Fsp3) is 0.238. The van der Waals surface area contributed by atoms with E-state index in [0.29, 0.717) is 0 Å². The Morgan fingerprint density at radius 2 is 0.978 bits per heavy atom. The van der Waals surface area contributed by atoms with Crippen LogP contribution in [0.25, 0.3) is 54.9 Å². The lowest BCUT2D eigenvalue weighted by Crippen LogP contribution is -2.47. The summed E-state index contributed by atoms with van der Waals surface area (Å²) in [5, 5.41) is 26.2. The maximum Gasteiger partial charge on any atom is 0.116 e. The quantitative estimate of drug-likeness (QED) is 0.173. The Balaban J connectivity index is 1.68. The van der Waals surface area contributed by atoms with E-state index in [4.69, 9.17) is 0 Å². The van der Waals surface area contributed by atoms with E-state index in [1.165, 1.54) is 67.8 Å². The summed E-state index contributed by atoms with van der Waals surface area (Å²) in [5.41, 5.74) is 9.87. The van der Waals surface area contributed by atoms with Gasteiger partial charge in [0.15, 0.2) is 0 Å². The van der Waals surface area contributed by atoms with E-state index in [9.17, 15) is 10.2 Å². The van der Waals surface area contributed by atoms with Gasteiger partial charge in [-0.2, -0.15) is 0 Å². The van der Waals surface area contributed by atoms with Crippen LogP contribution in [0.3, 0.4) is 0 Å². The topological polar surface area (TPSA) is 40.5 Å². The second kappa shape index (κ2) is 12.1. The molecule has 0 amide bonds. The number of quaternary nitrogens is 1. The largest absolute Gasteiger partial charge is 0.508 e. The summed E-state index contributed by atoms with van der Waals surface area (Å²) in [6.07, 6.45) is 4.64. The molecule has 0 saturated carbocycles. The number of phenols is 2. The normalized spacial score (nSPS) is 13.8. The number of fused-ring (bicyclic) bond motifs is 7. The lowest BCUT2D eigenvalue weighted by Gasteiger charge is -2.39. The summed E-state index contributed by atoms with van der Waals surface area (Å²) >= 11 is 0. The number of rotatable bonds is 8. The summed E-state index contributed by atoms with van der Waals surface area (Å²) in [5.74, 6) is 0.579. The van der Waals surface area contributed by atoms with Gasteiger partial charge in [-0.1, -0.05) is 99.5 Å². The monoisotopic (exact) mass is 592 g/mol. The van der Waals surface area contributed by atoms with Gasteiger partial charge in [0.1, 0.15) is 24.6 Å². The van der Waals surface area contributed by atoms with Gasteiger partial charge < -0.3 is 14.7 Å². The van der Waals surface area contributed by atoms with Crippen molar-refractivity contribution in [3.8, 4) is 44.9 Å². The molecule has 0 spiro atoms. The molecule has 0 radical (unpaired) electrons. The van der Waals surface area contributed by atoms with Crippen LogP contribution in [0.5, 0.6) is 11.5 Å². The molecule has 45 heavy (non-hydrogen) atoms. The first-order valence-electron chi connectivity index (χ1n) is 16.5. The Morgan fingerprint density at radius 3 is 1.40 bits per heavy atom. The molecule has 0 bridgehead atoms. The van der Waals surface area contributed by atoms with Gasteiger partial charge in [-0.05, 0) is 93.0 Å². The molecule has 6 aromatic carbocycles. The fourth-order valence-corrected chi connectivity index (χ4v) is 7.68. The van der Waals surface area contributed by atoms with Gasteiger partial charge in [0.25, 0.3) is 0 Å². The van der Waals surface area contributed by atoms with Crippen molar-refractivity contribution >= 4 is 21.5 Å². The van der Waals surface area contributed by atoms with Gasteiger partial charge in [0.2, 0.25) is 0 Å². The molecule has 1 aliphatic rings. The number of hydrogen-bond acceptors (Lipinski definition) is 2. The van der Waals surface area contributed by atoms with Crippen molar-refractivity contribution in [2.75, 3.05) is 13.1 Å². The zero-order valence-electron chi connectivity index (χ0n) is 26.4. The minimum atomic E-state index is 0.290. The molecule has 7 rings (SSSR count). The van der Waals surface area contributed by atoms with Crippen molar-refractivity contribution in [2.45, 2.75) is 52.6 Å². The van der Waals surface area contributed by atoms with Gasteiger partial charge in [0.05, 0.1) is 13.1 Å². The van der Waals surface area contributed by atoms with Crippen molar-refractivity contribution in [2.24, 2.45) is 0 Å². The van der Waals surface area contributed by atoms with E-state index in [2.05, 4.69) is 86.6 Å². The van der Waals surface area contributed by atoms with Gasteiger partial charge in [-0.25, -0.2) is 0 Å². The van der Waals surface area contributed by atoms with E-state index >= 15 is 0 Å². The average Bonchev–Trinajstić information content (AvgIpc) is 3.21. The third-order valence-electron chi connectivity index (χ3n) is 9.84. The third kappa shape index (κ3) is 5.36. The van der Waals surface area contributed by atoms with Crippen LogP contribution in [-0.2, 0) is 13.1 Å². The summed E-state index contributed by atoms with van der Waals surface area (Å²) in [6.45, 7) is 8.66. The summed E-state index contributed by atoms with van der Waals surface area (Å²) in [6, 6.07) is 37.9. The molecule has 3 heteroatoms. The summed E-state index contributed by atoms with van der Waals surface area (Å²) < 4.78 is 0.982. The SMILES string of the molecule is CCCC[N+]1(CCCC)Cc2c(-c3cccc(O)c3)cc3ccccc3c2-c2c(c(-c3cccc(O)c3)cc3ccccc23)C1. The van der Waals surface area contributed by atoms with Crippen LogP contribution in [0.4, 0.5) is 0 Å². The predicted octanol–water partition coefficient (Wildman–Crippen LogP) is 10.8. The van der Waals surface area contributed by atoms with Crippen molar-refractivity contribution in [3.63, 3.8) is 0 Å². The number of nitrogens with zero attached hydrogens (tertiary/aromatic N) is 1. The molecule has 0 aliphatic carbocycles. The molecule has 1 heterocycles. The number of unbranched alkanes of at least 4 members (excludes halogenated alkanes) is 2. The van der Waals surface area contributed by atoms with Crippen molar-refractivity contribution in [3.05, 3.63) is 120 Å². The number of phenolic OH excluding ortho intramolecular Hbond substituents is 2. The third-order valence-corrected chi connectivity index (χ3v) is 9.84. The Morgan fingerprint density at radius 1 is 0.533 bits per heavy atom. The molecule has 0 unspecified atom stereocenters. The van der Waals surface area contributed by atoms with Crippen molar-refractivity contribution < 1.29 is 14.7 Å². The first-order chi connectivity index (χ1) is 22.0. The molecule has 3 nitrogen and oxygen atoms in total. The van der Waals surface area contributed by atoms with Gasteiger partial charge in [-0.15, -0.1) is 0 Å². The highest BCUT2D eigenvalue weighted by Crippen LogP contribution is 2.50. The second-order valence-electron chi connectivity index (χ2n) is 12.9. The standard InChI is InChI=1S/C42H41NO2/c1-3-5-21-43(22-6-4-2)27-39-37(29-15-11-17-33(44)23-29)25-31-13-7-9-19-35(31)41(39)42-36-20-10-8-14-32(36)26-38(40(42)28-43)30-16-12-18-34(45)24-30/h7-20,23-26H,3-6,21-22,27-28H2,1-2H3,(H-,44,45)/p+1. The molecule has 1 aliphatic heterocycles. The Labute approximate surface area is 266 Å². The first-order valence-corrected chi connectivity index (χ1v) is 16.5. The minimum absolute atomic E-state index is 0.290. The van der Waals surface area contributed by atoms with E-state index in [0.717, 1.165) is 54.6 Å². The van der Waals surface area contributed by atoms with Crippen molar-refractivity contribution in [1.82, 2.24) is 0 Å². The van der Waals surface area contributed by atoms with Gasteiger partial charge in [0, 0.05) is 22.3 Å². The molecule has 0 atom stereocenters. The molecular formula is C42H42NO2+. The maximum absolute atomic E-state index is 10.6. The predicted molar refractivity (Wildman–Crippen MR) is 188 cm³/mol. The molecule has 6 aromatic rings. The maximum atomic E-state index is 10.6. The minimum Gasteiger partial charge on any atom is -0.508 e. The van der Waals surface area contributed by atoms with Crippen LogP contribution in [-0.4, -0.2) is 27.8 Å².